The number of nitrogens with one attached hydrogen (secondary N) is 1. The third kappa shape index (κ3) is 4.44. The molecule has 2 saturated heterocycles. The first kappa shape index (κ1) is 17.9. The maximum atomic E-state index is 12.2. The van der Waals surface area contributed by atoms with Crippen LogP contribution in [0.25, 0.3) is 11.4 Å². The van der Waals surface area contributed by atoms with Crippen molar-refractivity contribution in [2.45, 2.75) is 44.6 Å². The largest absolute Gasteiger partial charge is 0.376 e. The Morgan fingerprint density at radius 3 is 2.85 bits per heavy atom. The lowest BCUT2D eigenvalue weighted by atomic mass is 10.2. The van der Waals surface area contributed by atoms with Gasteiger partial charge in [0.25, 0.3) is 0 Å². The summed E-state index contributed by atoms with van der Waals surface area (Å²) >= 11 is 0. The SMILES string of the molecule is O=C(NCC1CCCO1)c1nc(-c2ccnc(N3CCCCCC3)c2)no1. The van der Waals surface area contributed by atoms with Gasteiger partial charge in [0.2, 0.25) is 5.82 Å². The average molecular weight is 371 g/mol. The summed E-state index contributed by atoms with van der Waals surface area (Å²) in [6.45, 7) is 3.25. The molecule has 0 aliphatic carbocycles. The van der Waals surface area contributed by atoms with Crippen LogP contribution >= 0.6 is 0 Å². The van der Waals surface area contributed by atoms with Crippen LogP contribution in [0.5, 0.6) is 0 Å². The Kier molecular flexibility index (Phi) is 5.62. The van der Waals surface area contributed by atoms with Gasteiger partial charge in [0.1, 0.15) is 5.82 Å². The highest BCUT2D eigenvalue weighted by molar-refractivity contribution is 5.89. The molecule has 4 rings (SSSR count). The van der Waals surface area contributed by atoms with Gasteiger partial charge < -0.3 is 19.5 Å². The second-order valence-corrected chi connectivity index (χ2v) is 7.07. The quantitative estimate of drug-likeness (QED) is 0.862. The Balaban J connectivity index is 1.42. The molecule has 1 amide bonds. The molecule has 144 valence electrons. The molecule has 0 aromatic carbocycles. The van der Waals surface area contributed by atoms with Crippen molar-refractivity contribution in [2.75, 3.05) is 31.1 Å². The minimum Gasteiger partial charge on any atom is -0.376 e. The molecule has 2 aliphatic heterocycles. The Bertz CT molecular complexity index is 764. The van der Waals surface area contributed by atoms with Crippen LogP contribution < -0.4 is 10.2 Å². The molecule has 1 unspecified atom stereocenters. The molecule has 27 heavy (non-hydrogen) atoms. The molecule has 2 fully saturated rings. The highest BCUT2D eigenvalue weighted by Gasteiger charge is 2.21. The molecule has 2 aliphatic rings. The predicted molar refractivity (Wildman–Crippen MR) is 99.5 cm³/mol. The number of nitrogens with zero attached hydrogens (tertiary/aromatic N) is 4. The van der Waals surface area contributed by atoms with Crippen LogP contribution in [0.3, 0.4) is 0 Å². The van der Waals surface area contributed by atoms with Gasteiger partial charge in [-0.05, 0) is 37.8 Å². The molecule has 8 nitrogen and oxygen atoms in total. The van der Waals surface area contributed by atoms with Crippen LogP contribution in [0.2, 0.25) is 0 Å². The summed E-state index contributed by atoms with van der Waals surface area (Å²) in [4.78, 5) is 23.3. The maximum absolute atomic E-state index is 12.2. The van der Waals surface area contributed by atoms with Gasteiger partial charge in [0.05, 0.1) is 6.10 Å². The van der Waals surface area contributed by atoms with Crippen molar-refractivity contribution in [1.82, 2.24) is 20.4 Å². The first-order valence-electron chi connectivity index (χ1n) is 9.74. The highest BCUT2D eigenvalue weighted by Crippen LogP contribution is 2.23. The fraction of sp³-hybridized carbons (Fsp3) is 0.579. The molecular formula is C19H25N5O3. The summed E-state index contributed by atoms with van der Waals surface area (Å²) in [7, 11) is 0. The summed E-state index contributed by atoms with van der Waals surface area (Å²) in [5.74, 6) is 0.918. The maximum Gasteiger partial charge on any atom is 0.316 e. The zero-order chi connectivity index (χ0) is 18.5. The topological polar surface area (TPSA) is 93.4 Å². The molecule has 4 heterocycles. The lowest BCUT2D eigenvalue weighted by Crippen LogP contribution is -2.31. The van der Waals surface area contributed by atoms with E-state index in [-0.39, 0.29) is 17.9 Å². The number of hydrogen-bond donors (Lipinski definition) is 1. The Morgan fingerprint density at radius 1 is 1.22 bits per heavy atom. The van der Waals surface area contributed by atoms with Crippen LogP contribution in [0.15, 0.2) is 22.9 Å². The molecule has 1 atom stereocenters. The van der Waals surface area contributed by atoms with E-state index in [1.165, 1.54) is 25.7 Å². The van der Waals surface area contributed by atoms with Gasteiger partial charge in [0, 0.05) is 38.0 Å². The molecule has 2 aromatic rings. The van der Waals surface area contributed by atoms with Crippen molar-refractivity contribution in [3.63, 3.8) is 0 Å². The summed E-state index contributed by atoms with van der Waals surface area (Å²) in [6, 6.07) is 3.80. The van der Waals surface area contributed by atoms with Crippen LogP contribution in [0.4, 0.5) is 5.82 Å². The van der Waals surface area contributed by atoms with Crippen LogP contribution in [-0.4, -0.2) is 53.4 Å². The number of rotatable bonds is 5. The number of anilines is 1. The zero-order valence-electron chi connectivity index (χ0n) is 15.4. The predicted octanol–water partition coefficient (Wildman–Crippen LogP) is 2.42. The van der Waals surface area contributed by atoms with Crippen LogP contribution in [-0.2, 0) is 4.74 Å². The van der Waals surface area contributed by atoms with Gasteiger partial charge in [-0.25, -0.2) is 4.98 Å². The van der Waals surface area contributed by atoms with E-state index in [0.29, 0.717) is 12.4 Å². The molecule has 0 spiro atoms. The lowest BCUT2D eigenvalue weighted by Gasteiger charge is -2.21. The van der Waals surface area contributed by atoms with Gasteiger partial charge in [-0.2, -0.15) is 4.98 Å². The Morgan fingerprint density at radius 2 is 2.07 bits per heavy atom. The third-order valence-electron chi connectivity index (χ3n) is 5.07. The van der Waals surface area contributed by atoms with E-state index in [9.17, 15) is 4.79 Å². The smallest absolute Gasteiger partial charge is 0.316 e. The molecule has 2 aromatic heterocycles. The second-order valence-electron chi connectivity index (χ2n) is 7.07. The van der Waals surface area contributed by atoms with E-state index < -0.39 is 0 Å². The molecular weight excluding hydrogens is 346 g/mol. The van der Waals surface area contributed by atoms with Crippen molar-refractivity contribution in [2.24, 2.45) is 0 Å². The fourth-order valence-corrected chi connectivity index (χ4v) is 3.55. The molecule has 0 saturated carbocycles. The van der Waals surface area contributed by atoms with E-state index in [1.54, 1.807) is 6.20 Å². The summed E-state index contributed by atoms with van der Waals surface area (Å²) in [6.07, 6.45) is 8.73. The minimum absolute atomic E-state index is 0.0314. The van der Waals surface area contributed by atoms with Gasteiger partial charge in [-0.15, -0.1) is 0 Å². The van der Waals surface area contributed by atoms with Crippen molar-refractivity contribution in [3.8, 4) is 11.4 Å². The van der Waals surface area contributed by atoms with Gasteiger partial charge in [-0.3, -0.25) is 4.79 Å². The second kappa shape index (κ2) is 8.47. The van der Waals surface area contributed by atoms with E-state index in [0.717, 1.165) is 43.9 Å². The Labute approximate surface area is 158 Å². The van der Waals surface area contributed by atoms with Crippen molar-refractivity contribution in [1.29, 1.82) is 0 Å². The molecule has 8 heteroatoms. The summed E-state index contributed by atoms with van der Waals surface area (Å²) in [5, 5.41) is 6.76. The number of pyridine rings is 1. The number of aromatic nitrogens is 3. The normalized spacial score (nSPS) is 20.4. The zero-order valence-corrected chi connectivity index (χ0v) is 15.4. The summed E-state index contributed by atoms with van der Waals surface area (Å²) in [5.41, 5.74) is 0.797. The first-order chi connectivity index (χ1) is 13.3. The van der Waals surface area contributed by atoms with Gasteiger partial charge in [0.15, 0.2) is 0 Å². The number of amides is 1. The fourth-order valence-electron chi connectivity index (χ4n) is 3.55. The van der Waals surface area contributed by atoms with Crippen molar-refractivity contribution in [3.05, 3.63) is 24.2 Å². The van der Waals surface area contributed by atoms with Crippen LogP contribution in [0, 0.1) is 0 Å². The Hall–Kier alpha value is -2.48. The van der Waals surface area contributed by atoms with Gasteiger partial charge >= 0.3 is 11.8 Å². The number of ether oxygens (including phenoxy) is 1. The number of hydrogen-bond acceptors (Lipinski definition) is 7. The third-order valence-corrected chi connectivity index (χ3v) is 5.07. The van der Waals surface area contributed by atoms with E-state index in [2.05, 4.69) is 25.3 Å². The minimum atomic E-state index is -0.369. The molecule has 1 N–H and O–H groups in total. The monoisotopic (exact) mass is 371 g/mol. The van der Waals surface area contributed by atoms with E-state index in [1.807, 2.05) is 12.1 Å². The average Bonchev–Trinajstić information content (AvgIpc) is 3.33. The number of carbonyl (C=O) groups excluding carboxylic acids is 1. The van der Waals surface area contributed by atoms with Gasteiger partial charge in [-0.1, -0.05) is 18.0 Å². The first-order valence-corrected chi connectivity index (χ1v) is 9.74. The number of carbonyl (C=O) groups is 1. The lowest BCUT2D eigenvalue weighted by molar-refractivity contribution is 0.0822. The van der Waals surface area contributed by atoms with Crippen molar-refractivity contribution >= 4 is 11.7 Å². The summed E-state index contributed by atoms with van der Waals surface area (Å²) < 4.78 is 10.7. The molecule has 0 radical (unpaired) electrons. The molecule has 0 bridgehead atoms. The highest BCUT2D eigenvalue weighted by atomic mass is 16.5. The van der Waals surface area contributed by atoms with E-state index >= 15 is 0 Å². The van der Waals surface area contributed by atoms with E-state index in [4.69, 9.17) is 9.26 Å². The van der Waals surface area contributed by atoms with Crippen LogP contribution in [0.1, 0.15) is 49.2 Å². The van der Waals surface area contributed by atoms with Crippen molar-refractivity contribution < 1.29 is 14.1 Å². The standard InChI is InChI=1S/C19H25N5O3/c25-18(21-13-15-6-5-11-26-15)19-22-17(23-27-19)14-7-8-20-16(12-14)24-9-3-1-2-4-10-24/h7-8,12,15H,1-6,9-11,13H2,(H,21,25).